The van der Waals surface area contributed by atoms with E-state index >= 15 is 0 Å². The lowest BCUT2D eigenvalue weighted by molar-refractivity contribution is -0.157. The third kappa shape index (κ3) is 7.06. The number of carbonyl (C=O) groups is 2. The van der Waals surface area contributed by atoms with Crippen LogP contribution in [0.1, 0.15) is 26.3 Å². The van der Waals surface area contributed by atoms with Crippen LogP contribution in [0, 0.1) is 0 Å². The largest absolute Gasteiger partial charge is 0.481 e. The number of alkyl halides is 3. The molecule has 10 heteroatoms. The van der Waals surface area contributed by atoms with Crippen LogP contribution in [-0.4, -0.2) is 31.4 Å². The van der Waals surface area contributed by atoms with Crippen LogP contribution < -0.4 is 10.1 Å². The van der Waals surface area contributed by atoms with E-state index < -0.39 is 36.0 Å². The zero-order chi connectivity index (χ0) is 23.4. The molecule has 0 bridgehead atoms. The molecule has 0 radical (unpaired) electrons. The number of anilines is 1. The third-order valence-corrected chi connectivity index (χ3v) is 4.08. The minimum absolute atomic E-state index is 0.00874. The van der Waals surface area contributed by atoms with Crippen LogP contribution in [0.25, 0.3) is 11.1 Å². The fourth-order valence-corrected chi connectivity index (χ4v) is 2.81. The maximum Gasteiger partial charge on any atom is 0.416 e. The summed E-state index contributed by atoms with van der Waals surface area (Å²) in [5, 5.41) is 2.46. The van der Waals surface area contributed by atoms with Crippen LogP contribution in [0.15, 0.2) is 36.4 Å². The molecule has 0 spiro atoms. The van der Waals surface area contributed by atoms with Gasteiger partial charge >= 0.3 is 18.2 Å². The van der Waals surface area contributed by atoms with Gasteiger partial charge in [0.2, 0.25) is 0 Å². The van der Waals surface area contributed by atoms with Gasteiger partial charge in [0.05, 0.1) is 17.7 Å². The molecule has 1 N–H and O–H groups in total. The second-order valence-corrected chi connectivity index (χ2v) is 7.80. The second-order valence-electron chi connectivity index (χ2n) is 7.40. The normalized spacial score (nSPS) is 11.6. The van der Waals surface area contributed by atoms with E-state index in [4.69, 9.17) is 21.1 Å². The molecule has 168 valence electrons. The molecule has 0 aliphatic rings. The number of esters is 1. The molecule has 31 heavy (non-hydrogen) atoms. The van der Waals surface area contributed by atoms with Crippen molar-refractivity contribution < 1.29 is 37.0 Å². The summed E-state index contributed by atoms with van der Waals surface area (Å²) >= 11 is 6.26. The minimum atomic E-state index is -4.60. The lowest BCUT2D eigenvalue weighted by Crippen LogP contribution is -2.27. The van der Waals surface area contributed by atoms with Crippen molar-refractivity contribution in [3.63, 3.8) is 0 Å². The molecular weight excluding hydrogens is 439 g/mol. The summed E-state index contributed by atoms with van der Waals surface area (Å²) in [6, 6.07) is 7.04. The van der Waals surface area contributed by atoms with Gasteiger partial charge in [-0.1, -0.05) is 17.7 Å². The molecule has 2 aromatic carbocycles. The summed E-state index contributed by atoms with van der Waals surface area (Å²) in [5.41, 5.74) is -1.14. The van der Waals surface area contributed by atoms with Crippen molar-refractivity contribution in [3.8, 4) is 16.9 Å². The van der Waals surface area contributed by atoms with E-state index in [0.717, 1.165) is 18.2 Å². The highest BCUT2D eigenvalue weighted by Gasteiger charge is 2.31. The Balaban J connectivity index is 2.41. The Labute approximate surface area is 182 Å². The summed E-state index contributed by atoms with van der Waals surface area (Å²) < 4.78 is 54.8. The Morgan fingerprint density at radius 3 is 2.26 bits per heavy atom. The highest BCUT2D eigenvalue weighted by atomic mass is 35.5. The van der Waals surface area contributed by atoms with Crippen molar-refractivity contribution in [2.24, 2.45) is 0 Å². The van der Waals surface area contributed by atoms with Crippen LogP contribution in [-0.2, 0) is 20.4 Å². The van der Waals surface area contributed by atoms with Crippen LogP contribution >= 0.6 is 11.6 Å². The summed E-state index contributed by atoms with van der Waals surface area (Å²) in [6.45, 7) is 4.53. The first kappa shape index (κ1) is 24.3. The van der Waals surface area contributed by atoms with Gasteiger partial charge in [0, 0.05) is 16.8 Å². The van der Waals surface area contributed by atoms with Gasteiger partial charge < -0.3 is 14.2 Å². The Morgan fingerprint density at radius 2 is 1.71 bits per heavy atom. The van der Waals surface area contributed by atoms with E-state index in [1.165, 1.54) is 25.3 Å². The molecule has 0 atom stereocenters. The number of nitrogens with one attached hydrogen (secondary N) is 1. The number of ether oxygens (including phenoxy) is 3. The fourth-order valence-electron chi connectivity index (χ4n) is 2.53. The Bertz CT molecular complexity index is 970. The zero-order valence-electron chi connectivity index (χ0n) is 17.2. The molecule has 0 aromatic heterocycles. The lowest BCUT2D eigenvalue weighted by Gasteiger charge is -2.20. The van der Waals surface area contributed by atoms with Crippen molar-refractivity contribution >= 4 is 29.4 Å². The molecule has 0 saturated heterocycles. The standard InChI is InChI=1S/C21H21ClF3NO5/c1-20(2,3)31-18(27)11-30-17-8-5-12(21(23,24)25)9-15(17)14-7-6-13(10-16(14)22)26-19(28)29-4/h5-10H,11H2,1-4H3,(H,26,28). The van der Waals surface area contributed by atoms with E-state index in [1.807, 2.05) is 0 Å². The van der Waals surface area contributed by atoms with E-state index in [2.05, 4.69) is 10.1 Å². The molecule has 0 fully saturated rings. The number of methoxy groups -OCH3 is 1. The van der Waals surface area contributed by atoms with Crippen LogP contribution in [0.3, 0.4) is 0 Å². The molecule has 0 unspecified atom stereocenters. The lowest BCUT2D eigenvalue weighted by atomic mass is 10.0. The number of benzene rings is 2. The molecule has 1 amide bonds. The number of carbonyl (C=O) groups excluding carboxylic acids is 2. The summed E-state index contributed by atoms with van der Waals surface area (Å²) in [5.74, 6) is -0.670. The minimum Gasteiger partial charge on any atom is -0.481 e. The van der Waals surface area contributed by atoms with Gasteiger partial charge in [0.1, 0.15) is 11.4 Å². The number of hydrogen-bond donors (Lipinski definition) is 1. The Kier molecular flexibility index (Phi) is 7.43. The highest BCUT2D eigenvalue weighted by Crippen LogP contribution is 2.40. The average Bonchev–Trinajstić information content (AvgIpc) is 2.64. The van der Waals surface area contributed by atoms with E-state index in [-0.39, 0.29) is 27.6 Å². The Morgan fingerprint density at radius 1 is 1.03 bits per heavy atom. The van der Waals surface area contributed by atoms with Crippen LogP contribution in [0.4, 0.5) is 23.7 Å². The van der Waals surface area contributed by atoms with Crippen LogP contribution in [0.2, 0.25) is 5.02 Å². The maximum absolute atomic E-state index is 13.3. The molecule has 0 saturated carbocycles. The van der Waals surface area contributed by atoms with Gasteiger partial charge in [0.15, 0.2) is 6.61 Å². The predicted octanol–water partition coefficient (Wildman–Crippen LogP) is 5.92. The van der Waals surface area contributed by atoms with Crippen molar-refractivity contribution in [2.45, 2.75) is 32.5 Å². The monoisotopic (exact) mass is 459 g/mol. The topological polar surface area (TPSA) is 73.9 Å². The fraction of sp³-hybridized carbons (Fsp3) is 0.333. The summed E-state index contributed by atoms with van der Waals surface area (Å²) in [4.78, 5) is 23.3. The summed E-state index contributed by atoms with van der Waals surface area (Å²) in [6.07, 6.45) is -5.33. The van der Waals surface area contributed by atoms with Gasteiger partial charge in [-0.05, 0) is 51.1 Å². The van der Waals surface area contributed by atoms with Gasteiger partial charge in [0.25, 0.3) is 0 Å². The maximum atomic E-state index is 13.3. The molecule has 2 aromatic rings. The van der Waals surface area contributed by atoms with Crippen LogP contribution in [0.5, 0.6) is 5.75 Å². The number of halogens is 4. The number of rotatable bonds is 5. The Hall–Kier alpha value is -2.94. The van der Waals surface area contributed by atoms with Gasteiger partial charge in [-0.15, -0.1) is 0 Å². The zero-order valence-corrected chi connectivity index (χ0v) is 18.0. The van der Waals surface area contributed by atoms with Gasteiger partial charge in [-0.3, -0.25) is 5.32 Å². The van der Waals surface area contributed by atoms with Crippen molar-refractivity contribution in [3.05, 3.63) is 47.0 Å². The van der Waals surface area contributed by atoms with E-state index in [0.29, 0.717) is 0 Å². The van der Waals surface area contributed by atoms with Crippen molar-refractivity contribution in [1.29, 1.82) is 0 Å². The van der Waals surface area contributed by atoms with Gasteiger partial charge in [-0.25, -0.2) is 9.59 Å². The number of amides is 1. The molecular formula is C21H21ClF3NO5. The smallest absolute Gasteiger partial charge is 0.416 e. The molecule has 6 nitrogen and oxygen atoms in total. The average molecular weight is 460 g/mol. The van der Waals surface area contributed by atoms with E-state index in [9.17, 15) is 22.8 Å². The SMILES string of the molecule is COC(=O)Nc1ccc(-c2cc(C(F)(F)F)ccc2OCC(=O)OC(C)(C)C)c(Cl)c1. The first-order chi connectivity index (χ1) is 14.3. The molecule has 0 heterocycles. The van der Waals surface area contributed by atoms with Crippen molar-refractivity contribution in [1.82, 2.24) is 0 Å². The summed E-state index contributed by atoms with van der Waals surface area (Å²) in [7, 11) is 1.18. The predicted molar refractivity (Wildman–Crippen MR) is 109 cm³/mol. The highest BCUT2D eigenvalue weighted by molar-refractivity contribution is 6.33. The molecule has 0 aliphatic carbocycles. The molecule has 0 aliphatic heterocycles. The first-order valence-corrected chi connectivity index (χ1v) is 9.39. The van der Waals surface area contributed by atoms with Crippen molar-refractivity contribution in [2.75, 3.05) is 19.0 Å². The third-order valence-electron chi connectivity index (χ3n) is 3.76. The molecule has 2 rings (SSSR count). The quantitative estimate of drug-likeness (QED) is 0.561. The number of hydrogen-bond acceptors (Lipinski definition) is 5. The van der Waals surface area contributed by atoms with E-state index in [1.54, 1.807) is 20.8 Å². The van der Waals surface area contributed by atoms with Gasteiger partial charge in [-0.2, -0.15) is 13.2 Å². The second kappa shape index (κ2) is 9.47. The first-order valence-electron chi connectivity index (χ1n) is 9.01.